The number of hydrogen-bond donors (Lipinski definition) is 1. The van der Waals surface area contributed by atoms with Gasteiger partial charge in [-0.05, 0) is 51.8 Å². The van der Waals surface area contributed by atoms with Crippen LogP contribution in [-0.4, -0.2) is 48.7 Å². The van der Waals surface area contributed by atoms with Gasteiger partial charge in [0.1, 0.15) is 6.61 Å². The number of likely N-dealkylation sites (tertiary alicyclic amines) is 1. The van der Waals surface area contributed by atoms with Crippen molar-refractivity contribution in [2.24, 2.45) is 0 Å². The van der Waals surface area contributed by atoms with Crippen molar-refractivity contribution in [3.63, 3.8) is 0 Å². The molecule has 2 rings (SSSR count). The molecular formula is C21H32N2O4. The molecular weight excluding hydrogens is 344 g/mol. The molecule has 6 heteroatoms. The lowest BCUT2D eigenvalue weighted by Crippen LogP contribution is -2.45. The molecule has 1 aliphatic rings. The van der Waals surface area contributed by atoms with Crippen LogP contribution in [0.2, 0.25) is 0 Å². The lowest BCUT2D eigenvalue weighted by atomic mass is 10.0. The summed E-state index contributed by atoms with van der Waals surface area (Å²) in [6.45, 7) is 7.46. The lowest BCUT2D eigenvalue weighted by Gasteiger charge is -2.26. The minimum Gasteiger partial charge on any atom is -0.466 e. The second-order valence-electron chi connectivity index (χ2n) is 7.72. The van der Waals surface area contributed by atoms with Crippen LogP contribution in [-0.2, 0) is 20.9 Å². The number of ether oxygens (including phenoxy) is 2. The molecule has 1 aromatic rings. The molecule has 0 spiro atoms. The number of esters is 1. The molecule has 1 aliphatic heterocycles. The summed E-state index contributed by atoms with van der Waals surface area (Å²) in [6, 6.07) is 9.47. The zero-order chi connectivity index (χ0) is 19.5. The normalized spacial score (nSPS) is 15.2. The van der Waals surface area contributed by atoms with Crippen molar-refractivity contribution in [1.82, 2.24) is 10.2 Å². The summed E-state index contributed by atoms with van der Waals surface area (Å²) in [7, 11) is 0. The number of piperidine rings is 1. The van der Waals surface area contributed by atoms with E-state index in [2.05, 4.69) is 10.2 Å². The third-order valence-electron chi connectivity index (χ3n) is 4.57. The molecule has 0 unspecified atom stereocenters. The zero-order valence-corrected chi connectivity index (χ0v) is 16.5. The highest BCUT2D eigenvalue weighted by Crippen LogP contribution is 2.12. The molecule has 0 atom stereocenters. The van der Waals surface area contributed by atoms with Gasteiger partial charge in [0.2, 0.25) is 0 Å². The largest absolute Gasteiger partial charge is 0.466 e. The monoisotopic (exact) mass is 376 g/mol. The number of amides is 1. The van der Waals surface area contributed by atoms with Crippen molar-refractivity contribution in [2.45, 2.75) is 58.1 Å². The fourth-order valence-corrected chi connectivity index (χ4v) is 3.15. The number of nitrogens with zero attached hydrogens (tertiary/aromatic N) is 1. The maximum absolute atomic E-state index is 12.0. The van der Waals surface area contributed by atoms with Gasteiger partial charge in [-0.15, -0.1) is 0 Å². The molecule has 1 saturated heterocycles. The summed E-state index contributed by atoms with van der Waals surface area (Å²) in [6.07, 6.45) is 4.26. The van der Waals surface area contributed by atoms with Crippen LogP contribution in [0.5, 0.6) is 0 Å². The molecule has 0 bridgehead atoms. The summed E-state index contributed by atoms with van der Waals surface area (Å²) in [5.74, 6) is -0.304. The molecule has 1 fully saturated rings. The first kappa shape index (κ1) is 21.2. The van der Waals surface area contributed by atoms with Gasteiger partial charge in [0.05, 0.1) is 13.0 Å². The van der Waals surface area contributed by atoms with E-state index in [4.69, 9.17) is 9.47 Å². The number of carbonyl (C=O) groups excluding carboxylic acids is 2. The van der Waals surface area contributed by atoms with E-state index >= 15 is 0 Å². The van der Waals surface area contributed by atoms with Gasteiger partial charge in [0, 0.05) is 12.1 Å². The topological polar surface area (TPSA) is 67.9 Å². The van der Waals surface area contributed by atoms with Crippen LogP contribution in [0.4, 0.5) is 4.79 Å². The first-order valence-electron chi connectivity index (χ1n) is 9.81. The van der Waals surface area contributed by atoms with Gasteiger partial charge < -0.3 is 19.7 Å². The van der Waals surface area contributed by atoms with Gasteiger partial charge in [-0.2, -0.15) is 0 Å². The van der Waals surface area contributed by atoms with Crippen molar-refractivity contribution in [3.05, 3.63) is 35.9 Å². The quantitative estimate of drug-likeness (QED) is 0.528. The highest BCUT2D eigenvalue weighted by Gasteiger charge is 2.25. The average Bonchev–Trinajstić information content (AvgIpc) is 2.64. The minimum absolute atomic E-state index is 0.108. The summed E-state index contributed by atoms with van der Waals surface area (Å²) >= 11 is 0. The predicted molar refractivity (Wildman–Crippen MR) is 104 cm³/mol. The molecule has 0 aliphatic carbocycles. The van der Waals surface area contributed by atoms with E-state index in [0.717, 1.165) is 31.6 Å². The summed E-state index contributed by atoms with van der Waals surface area (Å²) in [5.41, 5.74) is 0.191. The van der Waals surface area contributed by atoms with Gasteiger partial charge in [0.15, 0.2) is 0 Å². The fourth-order valence-electron chi connectivity index (χ4n) is 3.15. The number of carbonyl (C=O) groups is 2. The maximum Gasteiger partial charge on any atom is 0.407 e. The highest BCUT2D eigenvalue weighted by atomic mass is 16.5. The predicted octanol–water partition coefficient (Wildman–Crippen LogP) is 3.50. The smallest absolute Gasteiger partial charge is 0.407 e. The molecule has 0 saturated carbocycles. The molecule has 0 aromatic heterocycles. The van der Waals surface area contributed by atoms with Crippen molar-refractivity contribution in [1.29, 1.82) is 0 Å². The molecule has 6 nitrogen and oxygen atoms in total. The highest BCUT2D eigenvalue weighted by molar-refractivity contribution is 5.73. The van der Waals surface area contributed by atoms with E-state index in [0.29, 0.717) is 6.61 Å². The Labute approximate surface area is 162 Å². The maximum atomic E-state index is 12.0. The van der Waals surface area contributed by atoms with Crippen molar-refractivity contribution in [2.75, 3.05) is 26.2 Å². The number of hydrogen-bond acceptors (Lipinski definition) is 5. The Kier molecular flexibility index (Phi) is 8.58. The molecule has 150 valence electrons. The number of benzene rings is 1. The molecule has 1 aromatic carbocycles. The molecule has 1 amide bonds. The van der Waals surface area contributed by atoms with Crippen molar-refractivity contribution in [3.8, 4) is 0 Å². The summed E-state index contributed by atoms with van der Waals surface area (Å²) in [5, 5.41) is 2.73. The Hall–Kier alpha value is -2.08. The van der Waals surface area contributed by atoms with Crippen LogP contribution in [0, 0.1) is 0 Å². The van der Waals surface area contributed by atoms with Gasteiger partial charge >= 0.3 is 12.1 Å². The van der Waals surface area contributed by atoms with Crippen LogP contribution >= 0.6 is 0 Å². The van der Waals surface area contributed by atoms with Crippen molar-refractivity contribution < 1.29 is 19.1 Å². The first-order chi connectivity index (χ1) is 12.9. The zero-order valence-electron chi connectivity index (χ0n) is 16.5. The van der Waals surface area contributed by atoms with Gasteiger partial charge in [-0.25, -0.2) is 4.79 Å². The molecule has 27 heavy (non-hydrogen) atoms. The Balaban J connectivity index is 1.60. The number of alkyl carbamates (subject to hydrolysis) is 1. The van der Waals surface area contributed by atoms with E-state index < -0.39 is 11.6 Å². The summed E-state index contributed by atoms with van der Waals surface area (Å²) in [4.78, 5) is 26.4. The Bertz CT molecular complexity index is 583. The Morgan fingerprint density at radius 3 is 2.48 bits per heavy atom. The Morgan fingerprint density at radius 2 is 1.78 bits per heavy atom. The second kappa shape index (κ2) is 10.9. The van der Waals surface area contributed by atoms with E-state index in [-0.39, 0.29) is 19.0 Å². The number of rotatable bonds is 9. The average molecular weight is 376 g/mol. The van der Waals surface area contributed by atoms with Gasteiger partial charge in [0.25, 0.3) is 0 Å². The first-order valence-corrected chi connectivity index (χ1v) is 9.81. The van der Waals surface area contributed by atoms with E-state index in [1.54, 1.807) is 13.8 Å². The summed E-state index contributed by atoms with van der Waals surface area (Å²) < 4.78 is 10.5. The van der Waals surface area contributed by atoms with E-state index in [1.807, 2.05) is 30.3 Å². The van der Waals surface area contributed by atoms with Gasteiger partial charge in [-0.1, -0.05) is 36.8 Å². The second-order valence-corrected chi connectivity index (χ2v) is 7.72. The number of nitrogens with one attached hydrogen (secondary N) is 1. The van der Waals surface area contributed by atoms with E-state index in [9.17, 15) is 9.59 Å². The van der Waals surface area contributed by atoms with Crippen LogP contribution in [0.1, 0.15) is 51.5 Å². The Morgan fingerprint density at radius 1 is 1.07 bits per heavy atom. The molecule has 1 heterocycles. The third-order valence-corrected chi connectivity index (χ3v) is 4.57. The molecule has 1 N–H and O–H groups in total. The van der Waals surface area contributed by atoms with Gasteiger partial charge in [-0.3, -0.25) is 4.79 Å². The van der Waals surface area contributed by atoms with E-state index in [1.165, 1.54) is 19.3 Å². The fraction of sp³-hybridized carbons (Fsp3) is 0.619. The van der Waals surface area contributed by atoms with Crippen LogP contribution in [0.25, 0.3) is 0 Å². The minimum atomic E-state index is -0.724. The standard InChI is InChI=1S/C21H32N2O4/c1-21(2,22-20(25)27-17-18-10-5-3-6-11-18)16-19(24)26-15-9-14-23-12-7-4-8-13-23/h3,5-6,10-11H,4,7-9,12-17H2,1-2H3,(H,22,25). The van der Waals surface area contributed by atoms with Crippen LogP contribution in [0.3, 0.4) is 0 Å². The third kappa shape index (κ3) is 8.91. The SMILES string of the molecule is CC(C)(CC(=O)OCCCN1CCCCC1)NC(=O)OCc1ccccc1. The van der Waals surface area contributed by atoms with Crippen molar-refractivity contribution >= 4 is 12.1 Å². The van der Waals surface area contributed by atoms with Crippen LogP contribution in [0.15, 0.2) is 30.3 Å². The van der Waals surface area contributed by atoms with Crippen LogP contribution < -0.4 is 5.32 Å². The molecule has 0 radical (unpaired) electrons. The lowest BCUT2D eigenvalue weighted by molar-refractivity contribution is -0.145.